The first-order chi connectivity index (χ1) is 9.19. The molecular weight excluding hydrogens is 262 g/mol. The van der Waals surface area contributed by atoms with E-state index >= 15 is 0 Å². The number of nitrogens with one attached hydrogen (secondary N) is 3. The number of amides is 3. The maximum atomic E-state index is 11.6. The number of carboxylic acids is 1. The van der Waals surface area contributed by atoms with Crippen molar-refractivity contribution >= 4 is 17.9 Å². The van der Waals surface area contributed by atoms with Gasteiger partial charge in [0.25, 0.3) is 0 Å². The molecule has 1 unspecified atom stereocenters. The predicted molar refractivity (Wildman–Crippen MR) is 75.3 cm³/mol. The first kappa shape index (κ1) is 18.2. The second kappa shape index (κ2) is 8.39. The molecular formula is C13H25N3O4. The molecule has 3 amide bonds. The van der Waals surface area contributed by atoms with Gasteiger partial charge in [-0.3, -0.25) is 9.59 Å². The molecule has 0 saturated carbocycles. The summed E-state index contributed by atoms with van der Waals surface area (Å²) in [6, 6.07) is -0.470. The van der Waals surface area contributed by atoms with Crippen molar-refractivity contribution in [2.24, 2.45) is 5.41 Å². The van der Waals surface area contributed by atoms with Crippen LogP contribution in [0.5, 0.6) is 0 Å². The lowest BCUT2D eigenvalue weighted by molar-refractivity contribution is -0.137. The minimum Gasteiger partial charge on any atom is -0.481 e. The molecule has 0 aromatic carbocycles. The molecule has 0 fully saturated rings. The van der Waals surface area contributed by atoms with Gasteiger partial charge in [-0.15, -0.1) is 0 Å². The molecule has 7 nitrogen and oxygen atoms in total. The van der Waals surface area contributed by atoms with Crippen molar-refractivity contribution in [1.82, 2.24) is 16.0 Å². The number of aliphatic carboxylic acids is 1. The SMILES string of the molecule is CNC(=O)C(C)(C)CNC(=O)NC(C)CCCC(=O)O. The third-order valence-corrected chi connectivity index (χ3v) is 2.94. The van der Waals surface area contributed by atoms with Crippen LogP contribution in [0.15, 0.2) is 0 Å². The zero-order valence-corrected chi connectivity index (χ0v) is 12.6. The highest BCUT2D eigenvalue weighted by molar-refractivity contribution is 5.83. The van der Waals surface area contributed by atoms with Gasteiger partial charge in [0, 0.05) is 26.1 Å². The van der Waals surface area contributed by atoms with Crippen LogP contribution in [0.1, 0.15) is 40.0 Å². The van der Waals surface area contributed by atoms with Crippen LogP contribution in [0.25, 0.3) is 0 Å². The van der Waals surface area contributed by atoms with Crippen molar-refractivity contribution in [2.75, 3.05) is 13.6 Å². The fourth-order valence-electron chi connectivity index (χ4n) is 1.63. The Morgan fingerprint density at radius 2 is 1.85 bits per heavy atom. The van der Waals surface area contributed by atoms with Crippen molar-refractivity contribution in [1.29, 1.82) is 0 Å². The fourth-order valence-corrected chi connectivity index (χ4v) is 1.63. The van der Waals surface area contributed by atoms with Gasteiger partial charge in [0.15, 0.2) is 0 Å². The van der Waals surface area contributed by atoms with Crippen molar-refractivity contribution in [2.45, 2.75) is 46.1 Å². The lowest BCUT2D eigenvalue weighted by Gasteiger charge is -2.23. The number of hydrogen-bond donors (Lipinski definition) is 4. The topological polar surface area (TPSA) is 108 Å². The quantitative estimate of drug-likeness (QED) is 0.527. The number of rotatable bonds is 8. The smallest absolute Gasteiger partial charge is 0.315 e. The average Bonchev–Trinajstić information content (AvgIpc) is 2.34. The first-order valence-corrected chi connectivity index (χ1v) is 6.67. The highest BCUT2D eigenvalue weighted by atomic mass is 16.4. The molecule has 20 heavy (non-hydrogen) atoms. The first-order valence-electron chi connectivity index (χ1n) is 6.67. The van der Waals surface area contributed by atoms with E-state index in [1.807, 2.05) is 6.92 Å². The van der Waals surface area contributed by atoms with Crippen LogP contribution in [0.4, 0.5) is 4.79 Å². The Labute approximate surface area is 119 Å². The van der Waals surface area contributed by atoms with Crippen LogP contribution in [0, 0.1) is 5.41 Å². The summed E-state index contributed by atoms with van der Waals surface area (Å²) >= 11 is 0. The molecule has 7 heteroatoms. The molecule has 0 spiro atoms. The maximum absolute atomic E-state index is 11.6. The van der Waals surface area contributed by atoms with Gasteiger partial charge in [-0.25, -0.2) is 4.79 Å². The van der Waals surface area contributed by atoms with Gasteiger partial charge in [-0.2, -0.15) is 0 Å². The molecule has 0 aliphatic carbocycles. The molecule has 0 aliphatic heterocycles. The second-order valence-electron chi connectivity index (χ2n) is 5.48. The molecule has 4 N–H and O–H groups in total. The van der Waals surface area contributed by atoms with Crippen molar-refractivity contribution in [3.8, 4) is 0 Å². The van der Waals surface area contributed by atoms with Gasteiger partial charge in [0.05, 0.1) is 5.41 Å². The van der Waals surface area contributed by atoms with Crippen molar-refractivity contribution in [3.63, 3.8) is 0 Å². The van der Waals surface area contributed by atoms with Gasteiger partial charge in [0.2, 0.25) is 5.91 Å². The van der Waals surface area contributed by atoms with E-state index in [2.05, 4.69) is 16.0 Å². The molecule has 0 aromatic rings. The Bertz CT molecular complexity index is 356. The van der Waals surface area contributed by atoms with E-state index < -0.39 is 11.4 Å². The average molecular weight is 287 g/mol. The Hall–Kier alpha value is -1.79. The lowest BCUT2D eigenvalue weighted by Crippen LogP contribution is -2.48. The number of carbonyl (C=O) groups excluding carboxylic acids is 2. The molecule has 0 bridgehead atoms. The van der Waals surface area contributed by atoms with Crippen LogP contribution < -0.4 is 16.0 Å². The minimum absolute atomic E-state index is 0.0946. The normalized spacial score (nSPS) is 12.4. The molecule has 0 aromatic heterocycles. The van der Waals surface area contributed by atoms with Gasteiger partial charge < -0.3 is 21.1 Å². The van der Waals surface area contributed by atoms with Gasteiger partial charge in [-0.05, 0) is 33.6 Å². The second-order valence-corrected chi connectivity index (χ2v) is 5.48. The third kappa shape index (κ3) is 7.60. The maximum Gasteiger partial charge on any atom is 0.315 e. The molecule has 116 valence electrons. The Balaban J connectivity index is 3.99. The van der Waals surface area contributed by atoms with Gasteiger partial charge in [-0.1, -0.05) is 0 Å². The Kier molecular flexibility index (Phi) is 7.64. The van der Waals surface area contributed by atoms with E-state index in [1.165, 1.54) is 0 Å². The van der Waals surface area contributed by atoms with Crippen LogP contribution in [-0.4, -0.2) is 42.6 Å². The van der Waals surface area contributed by atoms with Crippen LogP contribution in [0.2, 0.25) is 0 Å². The number of carbonyl (C=O) groups is 3. The number of carboxylic acid groups (broad SMARTS) is 1. The summed E-state index contributed by atoms with van der Waals surface area (Å²) in [6.45, 7) is 5.51. The van der Waals surface area contributed by atoms with Crippen molar-refractivity contribution in [3.05, 3.63) is 0 Å². The van der Waals surface area contributed by atoms with Crippen LogP contribution in [0.3, 0.4) is 0 Å². The highest BCUT2D eigenvalue weighted by Gasteiger charge is 2.27. The van der Waals surface area contributed by atoms with E-state index in [0.29, 0.717) is 12.8 Å². The summed E-state index contributed by atoms with van der Waals surface area (Å²) in [5, 5.41) is 16.4. The summed E-state index contributed by atoms with van der Waals surface area (Å²) in [5.74, 6) is -0.985. The Morgan fingerprint density at radius 3 is 2.35 bits per heavy atom. The van der Waals surface area contributed by atoms with E-state index in [0.717, 1.165) is 0 Å². The summed E-state index contributed by atoms with van der Waals surface area (Å²) in [6.07, 6.45) is 1.20. The lowest BCUT2D eigenvalue weighted by atomic mass is 9.92. The van der Waals surface area contributed by atoms with E-state index in [1.54, 1.807) is 20.9 Å². The van der Waals surface area contributed by atoms with E-state index in [-0.39, 0.29) is 30.9 Å². The third-order valence-electron chi connectivity index (χ3n) is 2.94. The van der Waals surface area contributed by atoms with Gasteiger partial charge >= 0.3 is 12.0 Å². The molecule has 0 radical (unpaired) electrons. The van der Waals surface area contributed by atoms with E-state index in [9.17, 15) is 14.4 Å². The molecule has 1 atom stereocenters. The monoisotopic (exact) mass is 287 g/mol. The number of urea groups is 1. The molecule has 0 heterocycles. The summed E-state index contributed by atoms with van der Waals surface area (Å²) in [7, 11) is 1.55. The summed E-state index contributed by atoms with van der Waals surface area (Å²) < 4.78 is 0. The summed E-state index contributed by atoms with van der Waals surface area (Å²) in [5.41, 5.74) is -0.682. The van der Waals surface area contributed by atoms with Crippen LogP contribution >= 0.6 is 0 Å². The predicted octanol–water partition coefficient (Wildman–Crippen LogP) is 0.701. The zero-order valence-electron chi connectivity index (χ0n) is 12.6. The molecule has 0 aliphatic rings. The van der Waals surface area contributed by atoms with E-state index in [4.69, 9.17) is 5.11 Å². The Morgan fingerprint density at radius 1 is 1.25 bits per heavy atom. The minimum atomic E-state index is -0.839. The zero-order chi connectivity index (χ0) is 15.8. The molecule has 0 saturated heterocycles. The van der Waals surface area contributed by atoms with Crippen LogP contribution in [-0.2, 0) is 9.59 Å². The molecule has 0 rings (SSSR count). The summed E-state index contributed by atoms with van der Waals surface area (Å²) in [4.78, 5) is 33.5. The largest absolute Gasteiger partial charge is 0.481 e. The fraction of sp³-hybridized carbons (Fsp3) is 0.769. The number of hydrogen-bond acceptors (Lipinski definition) is 3. The van der Waals surface area contributed by atoms with Crippen molar-refractivity contribution < 1.29 is 19.5 Å². The standard InChI is InChI=1S/C13H25N3O4/c1-9(6-5-7-10(17)18)16-12(20)15-8-13(2,3)11(19)14-4/h9H,5-8H2,1-4H3,(H,14,19)(H,17,18)(H2,15,16,20). The van der Waals surface area contributed by atoms with Gasteiger partial charge in [0.1, 0.15) is 0 Å². The highest BCUT2D eigenvalue weighted by Crippen LogP contribution is 2.12.